The lowest BCUT2D eigenvalue weighted by Gasteiger charge is -2.28. The van der Waals surface area contributed by atoms with Gasteiger partial charge in [0.2, 0.25) is 0 Å². The van der Waals surface area contributed by atoms with Crippen LogP contribution in [0.5, 0.6) is 0 Å². The van der Waals surface area contributed by atoms with E-state index in [0.717, 1.165) is 140 Å². The summed E-state index contributed by atoms with van der Waals surface area (Å²) in [5, 5.41) is 43.8. The maximum atomic E-state index is 13.2. The molecule has 0 spiro atoms. The Labute approximate surface area is 523 Å². The molecule has 0 saturated heterocycles. The Kier molecular flexibility index (Phi) is 53.2. The summed E-state index contributed by atoms with van der Waals surface area (Å²) in [5.41, 5.74) is 0. The van der Waals surface area contributed by atoms with Gasteiger partial charge in [0.25, 0.3) is 0 Å². The monoisotopic (exact) mass is 1230 g/mol. The van der Waals surface area contributed by atoms with Gasteiger partial charge in [0.15, 0.2) is 6.10 Å². The molecule has 18 nitrogen and oxygen atoms in total. The molecule has 0 amide bonds. The second kappa shape index (κ2) is 56.3. The van der Waals surface area contributed by atoms with Gasteiger partial charge in [-0.15, -0.1) is 0 Å². The first-order valence-electron chi connectivity index (χ1n) is 33.5. The fourth-order valence-corrected chi connectivity index (χ4v) is 10.2. The Morgan fingerprint density at radius 3 is 0.862 bits per heavy atom. The van der Waals surface area contributed by atoms with Crippen molar-refractivity contribution in [2.45, 2.75) is 333 Å². The van der Waals surface area contributed by atoms with Crippen molar-refractivity contribution in [3.8, 4) is 0 Å². The normalized spacial score (nSPS) is 14.3. The molecule has 0 radical (unpaired) electrons. The van der Waals surface area contributed by atoms with Crippen LogP contribution in [0.25, 0.3) is 0 Å². The first-order chi connectivity index (χ1) is 42.0. The van der Waals surface area contributed by atoms with E-state index < -0.39 is 96.7 Å². The highest BCUT2D eigenvalue weighted by Gasteiger charge is 2.31. The van der Waals surface area contributed by atoms with E-state index in [9.17, 15) is 54.0 Å². The van der Waals surface area contributed by atoms with Crippen molar-refractivity contribution in [1.82, 2.24) is 0 Å². The van der Waals surface area contributed by atoms with Crippen LogP contribution in [-0.2, 0) is 66.7 Å². The van der Waals surface area contributed by atoms with Crippen LogP contribution >= 0.6 is 0 Å². The molecular formula is C69H118O18. The summed E-state index contributed by atoms with van der Waals surface area (Å²) in [4.78, 5) is 87.2. The first kappa shape index (κ1) is 82.1. The molecule has 18 heteroatoms. The third-order valence-electron chi connectivity index (χ3n) is 15.5. The van der Waals surface area contributed by atoms with Crippen molar-refractivity contribution in [2.75, 3.05) is 13.2 Å². The molecule has 0 saturated carbocycles. The van der Waals surface area contributed by atoms with Crippen molar-refractivity contribution >= 4 is 41.8 Å². The number of unbranched alkanes of at least 4 members (excludes halogenated alkanes) is 24. The molecule has 0 aromatic carbocycles. The summed E-state index contributed by atoms with van der Waals surface area (Å²) < 4.78 is 38.6. The molecule has 0 heterocycles. The van der Waals surface area contributed by atoms with Crippen molar-refractivity contribution in [1.29, 1.82) is 0 Å². The maximum absolute atomic E-state index is 13.2. The van der Waals surface area contributed by atoms with Gasteiger partial charge < -0.3 is 53.6 Å². The maximum Gasteiger partial charge on any atom is 0.330 e. The molecule has 0 fully saturated rings. The predicted molar refractivity (Wildman–Crippen MR) is 338 cm³/mol. The molecule has 0 aliphatic heterocycles. The molecule has 9 atom stereocenters. The van der Waals surface area contributed by atoms with E-state index in [4.69, 9.17) is 33.2 Å². The van der Waals surface area contributed by atoms with Crippen LogP contribution in [0.1, 0.15) is 278 Å². The van der Waals surface area contributed by atoms with Gasteiger partial charge in [-0.2, -0.15) is 0 Å². The Balaban J connectivity index is 5.36. The van der Waals surface area contributed by atoms with Crippen LogP contribution < -0.4 is 0 Å². The second-order valence-corrected chi connectivity index (χ2v) is 23.2. The fourth-order valence-electron chi connectivity index (χ4n) is 10.2. The molecule has 0 aromatic rings. The van der Waals surface area contributed by atoms with Gasteiger partial charge in [-0.05, 0) is 83.5 Å². The van der Waals surface area contributed by atoms with Gasteiger partial charge in [-0.25, -0.2) is 19.2 Å². The van der Waals surface area contributed by atoms with Crippen molar-refractivity contribution in [2.24, 2.45) is 0 Å². The standard InChI is InChI=1S/C69H118O18/c1-8-15-18-20-25-34-42-55(70)60(85-64(75)12-5)46-37-28-23-31-40-49-68(79)82-53-54(52-81-67(78)48-39-30-22-26-35-43-56(71)59(84-63(74)11-4)45-36-27-21-19-16-9-2)83-69(80)50-41-32-24-29-38-47-62(87-66(77)14-7)58(73)51-57(72)61(44-33-17-10-3)86-65(76)13-6/h11-14,54-62,70-73H,4-10,15-53H2,1-3H3. The van der Waals surface area contributed by atoms with E-state index in [2.05, 4.69) is 40.2 Å². The van der Waals surface area contributed by atoms with E-state index in [1.54, 1.807) is 0 Å². The SMILES string of the molecule is C=CC(=O)OC(CCCCCCCC)C(O)CCCCCCCC(=O)OCC(COC(=O)CCCCCCCC(OC(=O)C=C)C(O)CCCCCCCC)OC(=O)CCCCCCCC(OC(=O)C=C)C(O)CC(O)C(CCCCC)OC(=O)C=C. The van der Waals surface area contributed by atoms with E-state index in [1.165, 1.54) is 25.7 Å². The number of carbonyl (C=O) groups excluding carboxylic acids is 7. The van der Waals surface area contributed by atoms with Crippen LogP contribution in [0.4, 0.5) is 0 Å². The lowest BCUT2D eigenvalue weighted by molar-refractivity contribution is -0.167. The molecule has 0 bridgehead atoms. The predicted octanol–water partition coefficient (Wildman–Crippen LogP) is 13.5. The van der Waals surface area contributed by atoms with Gasteiger partial charge in [0.1, 0.15) is 37.6 Å². The number of ether oxygens (including phenoxy) is 7. The Morgan fingerprint density at radius 1 is 0.310 bits per heavy atom. The molecule has 4 N–H and O–H groups in total. The highest BCUT2D eigenvalue weighted by Crippen LogP contribution is 2.23. The van der Waals surface area contributed by atoms with E-state index >= 15 is 0 Å². The number of aliphatic hydroxyl groups excluding tert-OH is 4. The van der Waals surface area contributed by atoms with Gasteiger partial charge >= 0.3 is 41.8 Å². The quantitative estimate of drug-likeness (QED) is 0.0191. The van der Waals surface area contributed by atoms with Crippen LogP contribution in [0.15, 0.2) is 50.6 Å². The van der Waals surface area contributed by atoms with Crippen LogP contribution in [0, 0.1) is 0 Å². The number of hydrogen-bond acceptors (Lipinski definition) is 18. The van der Waals surface area contributed by atoms with E-state index in [-0.39, 0.29) is 45.3 Å². The molecule has 0 aromatic heterocycles. The molecule has 0 aliphatic carbocycles. The van der Waals surface area contributed by atoms with E-state index in [0.29, 0.717) is 83.5 Å². The second-order valence-electron chi connectivity index (χ2n) is 23.2. The van der Waals surface area contributed by atoms with Gasteiger partial charge in [-0.1, -0.05) is 195 Å². The zero-order valence-corrected chi connectivity index (χ0v) is 54.0. The Hall–Kier alpha value is -4.91. The zero-order valence-electron chi connectivity index (χ0n) is 54.0. The van der Waals surface area contributed by atoms with Crippen LogP contribution in [-0.4, -0.2) is 130 Å². The zero-order chi connectivity index (χ0) is 64.7. The van der Waals surface area contributed by atoms with Crippen LogP contribution in [0.2, 0.25) is 0 Å². The molecule has 87 heavy (non-hydrogen) atoms. The highest BCUT2D eigenvalue weighted by molar-refractivity contribution is 5.82. The summed E-state index contributed by atoms with van der Waals surface area (Å²) in [6.45, 7) is 19.6. The average molecular weight is 1240 g/mol. The number of esters is 7. The molecule has 0 rings (SSSR count). The molecular weight excluding hydrogens is 1120 g/mol. The van der Waals surface area contributed by atoms with Crippen LogP contribution in [0.3, 0.4) is 0 Å². The highest BCUT2D eigenvalue weighted by atomic mass is 16.6. The lowest BCUT2D eigenvalue weighted by Crippen LogP contribution is -2.39. The summed E-state index contributed by atoms with van der Waals surface area (Å²) in [6.07, 6.45) is 25.1. The molecule has 9 unspecified atom stereocenters. The van der Waals surface area contributed by atoms with Gasteiger partial charge in [-0.3, -0.25) is 14.4 Å². The number of aliphatic hydroxyl groups is 4. The minimum atomic E-state index is -1.25. The van der Waals surface area contributed by atoms with Crippen molar-refractivity contribution in [3.63, 3.8) is 0 Å². The van der Waals surface area contributed by atoms with E-state index in [1.807, 2.05) is 6.92 Å². The first-order valence-corrected chi connectivity index (χ1v) is 33.5. The number of rotatable bonds is 61. The van der Waals surface area contributed by atoms with Crippen molar-refractivity contribution in [3.05, 3.63) is 50.6 Å². The summed E-state index contributed by atoms with van der Waals surface area (Å²) in [5.74, 6) is -4.03. The molecule has 0 aliphatic rings. The lowest BCUT2D eigenvalue weighted by atomic mass is 9.96. The average Bonchev–Trinajstić information content (AvgIpc) is 3.67. The third kappa shape index (κ3) is 46.8. The Morgan fingerprint density at radius 2 is 0.552 bits per heavy atom. The molecule has 502 valence electrons. The minimum Gasteiger partial charge on any atom is -0.462 e. The fraction of sp³-hybridized carbons (Fsp3) is 0.783. The largest absolute Gasteiger partial charge is 0.462 e. The number of carbonyl (C=O) groups is 7. The summed E-state index contributed by atoms with van der Waals surface area (Å²) in [7, 11) is 0. The minimum absolute atomic E-state index is 0.0523. The van der Waals surface area contributed by atoms with Gasteiger partial charge in [0, 0.05) is 50.0 Å². The summed E-state index contributed by atoms with van der Waals surface area (Å²) >= 11 is 0. The smallest absolute Gasteiger partial charge is 0.330 e. The number of hydrogen-bond donors (Lipinski definition) is 4. The van der Waals surface area contributed by atoms with Crippen molar-refractivity contribution < 1.29 is 87.1 Å². The Bertz CT molecular complexity index is 1850. The third-order valence-corrected chi connectivity index (χ3v) is 15.5. The topological polar surface area (TPSA) is 265 Å². The van der Waals surface area contributed by atoms with Gasteiger partial charge in [0.05, 0.1) is 24.4 Å². The summed E-state index contributed by atoms with van der Waals surface area (Å²) in [6, 6.07) is 0.